The van der Waals surface area contributed by atoms with E-state index >= 15 is 0 Å². The van der Waals surface area contributed by atoms with Crippen molar-refractivity contribution in [1.29, 1.82) is 0 Å². The summed E-state index contributed by atoms with van der Waals surface area (Å²) < 4.78 is 4.78. The van der Waals surface area contributed by atoms with Crippen molar-refractivity contribution in [2.24, 2.45) is 0 Å². The summed E-state index contributed by atoms with van der Waals surface area (Å²) in [6, 6.07) is 15.4. The van der Waals surface area contributed by atoms with Crippen LogP contribution in [0.1, 0.15) is 21.5 Å². The number of hydrogen-bond donors (Lipinski definition) is 0. The number of carbonyl (C=O) groups is 2. The second kappa shape index (κ2) is 8.04. The van der Waals surface area contributed by atoms with E-state index in [0.717, 1.165) is 29.9 Å². The van der Waals surface area contributed by atoms with Crippen LogP contribution in [0.2, 0.25) is 0 Å². The second-order valence-electron chi connectivity index (χ2n) is 6.51. The lowest BCUT2D eigenvalue weighted by molar-refractivity contribution is -0.130. The highest BCUT2D eigenvalue weighted by molar-refractivity contribution is 5.90. The maximum Gasteiger partial charge on any atom is 0.337 e. The molecule has 0 spiro atoms. The number of anilines is 1. The molecular weight excluding hydrogens is 328 g/mol. The van der Waals surface area contributed by atoms with Crippen molar-refractivity contribution >= 4 is 17.6 Å². The fourth-order valence-corrected chi connectivity index (χ4v) is 3.24. The zero-order chi connectivity index (χ0) is 18.5. The van der Waals surface area contributed by atoms with Gasteiger partial charge in [0.1, 0.15) is 0 Å². The average molecular weight is 352 g/mol. The number of benzene rings is 2. The summed E-state index contributed by atoms with van der Waals surface area (Å²) in [7, 11) is 1.38. The first-order valence-corrected chi connectivity index (χ1v) is 8.84. The predicted octanol–water partition coefficient (Wildman–Crippen LogP) is 2.67. The van der Waals surface area contributed by atoms with Crippen LogP contribution in [0.15, 0.2) is 48.5 Å². The van der Waals surface area contributed by atoms with Crippen LogP contribution in [0.5, 0.6) is 0 Å². The van der Waals surface area contributed by atoms with Gasteiger partial charge in [-0.2, -0.15) is 0 Å². The summed E-state index contributed by atoms with van der Waals surface area (Å²) in [6.45, 7) is 4.92. The quantitative estimate of drug-likeness (QED) is 0.794. The van der Waals surface area contributed by atoms with Crippen LogP contribution in [0.3, 0.4) is 0 Å². The van der Waals surface area contributed by atoms with E-state index in [-0.39, 0.29) is 11.9 Å². The fraction of sp³-hybridized carbons (Fsp3) is 0.333. The molecule has 2 aromatic rings. The first kappa shape index (κ1) is 18.0. The van der Waals surface area contributed by atoms with Gasteiger partial charge < -0.3 is 14.5 Å². The molecular formula is C21H24N2O3. The summed E-state index contributed by atoms with van der Waals surface area (Å²) in [5, 5.41) is 0. The molecule has 26 heavy (non-hydrogen) atoms. The highest BCUT2D eigenvalue weighted by atomic mass is 16.5. The Balaban J connectivity index is 1.60. The van der Waals surface area contributed by atoms with Crippen molar-refractivity contribution in [3.63, 3.8) is 0 Å². The zero-order valence-corrected chi connectivity index (χ0v) is 15.3. The highest BCUT2D eigenvalue weighted by Gasteiger charge is 2.22. The lowest BCUT2D eigenvalue weighted by Crippen LogP contribution is -2.49. The molecule has 3 rings (SSSR count). The molecule has 0 aromatic heterocycles. The first-order valence-electron chi connectivity index (χ1n) is 8.84. The van der Waals surface area contributed by atoms with E-state index in [0.29, 0.717) is 25.1 Å². The van der Waals surface area contributed by atoms with Gasteiger partial charge in [-0.1, -0.05) is 30.3 Å². The molecule has 0 atom stereocenters. The van der Waals surface area contributed by atoms with Gasteiger partial charge in [-0.05, 0) is 36.2 Å². The van der Waals surface area contributed by atoms with Crippen molar-refractivity contribution in [3.8, 4) is 0 Å². The van der Waals surface area contributed by atoms with Crippen LogP contribution in [0, 0.1) is 6.92 Å². The van der Waals surface area contributed by atoms with Crippen molar-refractivity contribution in [3.05, 3.63) is 65.2 Å². The molecule has 0 aliphatic carbocycles. The molecule has 2 aromatic carbocycles. The molecule has 1 saturated heterocycles. The van der Waals surface area contributed by atoms with Crippen molar-refractivity contribution in [1.82, 2.24) is 4.90 Å². The van der Waals surface area contributed by atoms with Crippen LogP contribution in [-0.4, -0.2) is 50.1 Å². The number of hydrogen-bond acceptors (Lipinski definition) is 4. The molecule has 1 aliphatic rings. The topological polar surface area (TPSA) is 49.9 Å². The standard InChI is InChI=1S/C21H24N2O3/c1-16-6-3-4-7-17(16)15-20(24)23-12-10-22(11-13-23)19-9-5-8-18(14-19)21(25)26-2/h3-9,14H,10-13,15H2,1-2H3. The van der Waals surface area contributed by atoms with Crippen molar-refractivity contribution in [2.45, 2.75) is 13.3 Å². The molecule has 0 radical (unpaired) electrons. The molecule has 5 heteroatoms. The molecule has 0 saturated carbocycles. The van der Waals surface area contributed by atoms with E-state index in [9.17, 15) is 9.59 Å². The monoisotopic (exact) mass is 352 g/mol. The Labute approximate surface area is 154 Å². The maximum absolute atomic E-state index is 12.6. The minimum absolute atomic E-state index is 0.169. The van der Waals surface area contributed by atoms with E-state index in [1.165, 1.54) is 7.11 Å². The minimum Gasteiger partial charge on any atom is -0.465 e. The zero-order valence-electron chi connectivity index (χ0n) is 15.3. The average Bonchev–Trinajstić information content (AvgIpc) is 2.69. The Kier molecular flexibility index (Phi) is 5.56. The Morgan fingerprint density at radius 2 is 1.73 bits per heavy atom. The van der Waals surface area contributed by atoms with Crippen molar-refractivity contribution in [2.75, 3.05) is 38.2 Å². The van der Waals surface area contributed by atoms with Gasteiger partial charge in [-0.3, -0.25) is 4.79 Å². The van der Waals surface area contributed by atoms with E-state index in [1.807, 2.05) is 54.3 Å². The van der Waals surface area contributed by atoms with Gasteiger partial charge in [0.05, 0.1) is 19.1 Å². The third-order valence-corrected chi connectivity index (χ3v) is 4.87. The molecule has 0 unspecified atom stereocenters. The van der Waals surface area contributed by atoms with E-state index in [1.54, 1.807) is 6.07 Å². The van der Waals surface area contributed by atoms with Crippen LogP contribution >= 0.6 is 0 Å². The molecule has 1 amide bonds. The lowest BCUT2D eigenvalue weighted by atomic mass is 10.1. The number of ether oxygens (including phenoxy) is 1. The second-order valence-corrected chi connectivity index (χ2v) is 6.51. The molecule has 1 heterocycles. The lowest BCUT2D eigenvalue weighted by Gasteiger charge is -2.36. The van der Waals surface area contributed by atoms with Crippen LogP contribution < -0.4 is 4.90 Å². The third-order valence-electron chi connectivity index (χ3n) is 4.87. The number of nitrogens with zero attached hydrogens (tertiary/aromatic N) is 2. The molecule has 1 fully saturated rings. The van der Waals surface area contributed by atoms with E-state index < -0.39 is 0 Å². The SMILES string of the molecule is COC(=O)c1cccc(N2CCN(C(=O)Cc3ccccc3C)CC2)c1. The Hall–Kier alpha value is -2.82. The number of methoxy groups -OCH3 is 1. The van der Waals surface area contributed by atoms with E-state index in [4.69, 9.17) is 4.74 Å². The summed E-state index contributed by atoms with van der Waals surface area (Å²) in [5.41, 5.74) is 3.77. The normalized spacial score (nSPS) is 14.2. The smallest absolute Gasteiger partial charge is 0.337 e. The molecule has 0 bridgehead atoms. The van der Waals surface area contributed by atoms with Gasteiger partial charge in [-0.15, -0.1) is 0 Å². The summed E-state index contributed by atoms with van der Waals surface area (Å²) >= 11 is 0. The third kappa shape index (κ3) is 4.04. The first-order chi connectivity index (χ1) is 12.6. The maximum atomic E-state index is 12.6. The van der Waals surface area contributed by atoms with Crippen molar-refractivity contribution < 1.29 is 14.3 Å². The number of rotatable bonds is 4. The van der Waals surface area contributed by atoms with Gasteiger partial charge in [0.15, 0.2) is 0 Å². The summed E-state index contributed by atoms with van der Waals surface area (Å²) in [4.78, 5) is 28.4. The number of aryl methyl sites for hydroxylation is 1. The number of carbonyl (C=O) groups excluding carboxylic acids is 2. The minimum atomic E-state index is -0.334. The van der Waals surface area contributed by atoms with E-state index in [2.05, 4.69) is 4.90 Å². The number of esters is 1. The molecule has 5 nitrogen and oxygen atoms in total. The Bertz CT molecular complexity index is 795. The molecule has 1 aliphatic heterocycles. The van der Waals surface area contributed by atoms with Gasteiger partial charge >= 0.3 is 5.97 Å². The predicted molar refractivity (Wildman–Crippen MR) is 101 cm³/mol. The van der Waals surface area contributed by atoms with Crippen LogP contribution in [0.4, 0.5) is 5.69 Å². The number of piperazine rings is 1. The largest absolute Gasteiger partial charge is 0.465 e. The Morgan fingerprint density at radius 1 is 1.00 bits per heavy atom. The summed E-state index contributed by atoms with van der Waals surface area (Å²) in [5.74, 6) is -0.166. The number of amides is 1. The molecule has 0 N–H and O–H groups in total. The highest BCUT2D eigenvalue weighted by Crippen LogP contribution is 2.19. The van der Waals surface area contributed by atoms with Gasteiger partial charge in [0, 0.05) is 31.9 Å². The Morgan fingerprint density at radius 3 is 2.42 bits per heavy atom. The van der Waals surface area contributed by atoms with Crippen LogP contribution in [-0.2, 0) is 16.0 Å². The van der Waals surface area contributed by atoms with Gasteiger partial charge in [-0.25, -0.2) is 4.79 Å². The van der Waals surface area contributed by atoms with Crippen LogP contribution in [0.25, 0.3) is 0 Å². The van der Waals surface area contributed by atoms with Gasteiger partial charge in [0.25, 0.3) is 0 Å². The fourth-order valence-electron chi connectivity index (χ4n) is 3.24. The van der Waals surface area contributed by atoms with Gasteiger partial charge in [0.2, 0.25) is 5.91 Å². The summed E-state index contributed by atoms with van der Waals surface area (Å²) in [6.07, 6.45) is 0.449. The molecule has 136 valence electrons.